The van der Waals surface area contributed by atoms with E-state index in [4.69, 9.17) is 0 Å². The van der Waals surface area contributed by atoms with Crippen LogP contribution in [0.1, 0.15) is 53.5 Å². The van der Waals surface area contributed by atoms with Gasteiger partial charge in [0.15, 0.2) is 17.0 Å². The largest absolute Gasteiger partial charge is 0.433 e. The number of hydrogen-bond acceptors (Lipinski definition) is 4. The molecule has 3 heterocycles. The Bertz CT molecular complexity index is 1300. The average Bonchev–Trinajstić information content (AvgIpc) is 3.41. The third-order valence-electron chi connectivity index (χ3n) is 5.44. The molecule has 0 saturated heterocycles. The lowest BCUT2D eigenvalue weighted by Crippen LogP contribution is -2.26. The lowest BCUT2D eigenvalue weighted by molar-refractivity contribution is -0.142. The lowest BCUT2D eigenvalue weighted by atomic mass is 10.0. The Hall–Kier alpha value is -3.69. The van der Waals surface area contributed by atoms with E-state index in [0.29, 0.717) is 35.5 Å². The van der Waals surface area contributed by atoms with E-state index in [-0.39, 0.29) is 17.0 Å². The van der Waals surface area contributed by atoms with Gasteiger partial charge in [-0.25, -0.2) is 9.50 Å². The van der Waals surface area contributed by atoms with Crippen molar-refractivity contribution in [1.82, 2.24) is 29.7 Å². The summed E-state index contributed by atoms with van der Waals surface area (Å²) in [5.41, 5.74) is 1.67. The molecule has 0 saturated carbocycles. The zero-order valence-corrected chi connectivity index (χ0v) is 19.1. The maximum Gasteiger partial charge on any atom is 0.433 e. The van der Waals surface area contributed by atoms with Crippen LogP contribution in [0.15, 0.2) is 48.8 Å². The minimum atomic E-state index is -4.67. The van der Waals surface area contributed by atoms with Crippen molar-refractivity contribution < 1.29 is 18.0 Å². The first-order chi connectivity index (χ1) is 16.1. The summed E-state index contributed by atoms with van der Waals surface area (Å²) in [5, 5.41) is 10.8. The van der Waals surface area contributed by atoms with Gasteiger partial charge in [-0.15, -0.1) is 0 Å². The number of carbonyl (C=O) groups excluding carboxylic acids is 1. The summed E-state index contributed by atoms with van der Waals surface area (Å²) in [7, 11) is 0. The summed E-state index contributed by atoms with van der Waals surface area (Å²) in [6.07, 6.45) is -0.423. The highest BCUT2D eigenvalue weighted by molar-refractivity contribution is 5.93. The van der Waals surface area contributed by atoms with E-state index in [1.165, 1.54) is 6.07 Å². The molecular weight excluding hydrogens is 445 g/mol. The molecule has 0 unspecified atom stereocenters. The Kier molecular flexibility index (Phi) is 6.41. The third kappa shape index (κ3) is 5.11. The number of alkyl halides is 3. The van der Waals surface area contributed by atoms with Gasteiger partial charge < -0.3 is 5.32 Å². The number of carbonyl (C=O) groups is 1. The van der Waals surface area contributed by atoms with Crippen LogP contribution in [0.2, 0.25) is 0 Å². The standard InChI is InChI=1S/C24H25F3N6O/c1-15(2)17-5-7-18(8-6-17)19-11-21(24(25,26)27)33-22(30-19)12-20(31-33)23(34)28-9-4-10-32-14-16(3)13-29-32/h5-8,11-15H,4,9-10H2,1-3H3,(H,28,34). The SMILES string of the molecule is Cc1cnn(CCCNC(=O)c2cc3nc(-c4ccc(C(C)C)cc4)cc(C(F)(F)F)n3n2)c1. The van der Waals surface area contributed by atoms with Gasteiger partial charge in [0.2, 0.25) is 0 Å². The molecule has 1 N–H and O–H groups in total. The van der Waals surface area contributed by atoms with Crippen molar-refractivity contribution >= 4 is 11.6 Å². The van der Waals surface area contributed by atoms with Crippen molar-refractivity contribution in [3.63, 3.8) is 0 Å². The monoisotopic (exact) mass is 470 g/mol. The van der Waals surface area contributed by atoms with Crippen molar-refractivity contribution in [2.75, 3.05) is 6.54 Å². The second-order valence-corrected chi connectivity index (χ2v) is 8.49. The molecule has 0 spiro atoms. The second-order valence-electron chi connectivity index (χ2n) is 8.49. The first-order valence-corrected chi connectivity index (χ1v) is 11.0. The van der Waals surface area contributed by atoms with Crippen molar-refractivity contribution in [2.24, 2.45) is 0 Å². The van der Waals surface area contributed by atoms with Gasteiger partial charge in [0, 0.05) is 30.9 Å². The fraction of sp³-hybridized carbons (Fsp3) is 0.333. The molecule has 4 rings (SSSR count). The highest BCUT2D eigenvalue weighted by Gasteiger charge is 2.35. The fourth-order valence-electron chi connectivity index (χ4n) is 3.60. The van der Waals surface area contributed by atoms with Crippen LogP contribution >= 0.6 is 0 Å². The van der Waals surface area contributed by atoms with E-state index in [2.05, 4.69) is 20.5 Å². The maximum atomic E-state index is 13.8. The van der Waals surface area contributed by atoms with E-state index < -0.39 is 17.8 Å². The second kappa shape index (κ2) is 9.28. The van der Waals surface area contributed by atoms with Gasteiger partial charge in [-0.2, -0.15) is 23.4 Å². The number of fused-ring (bicyclic) bond motifs is 1. The molecule has 34 heavy (non-hydrogen) atoms. The lowest BCUT2D eigenvalue weighted by Gasteiger charge is -2.11. The summed E-state index contributed by atoms with van der Waals surface area (Å²) >= 11 is 0. The van der Waals surface area contributed by atoms with E-state index in [9.17, 15) is 18.0 Å². The van der Waals surface area contributed by atoms with Gasteiger partial charge in [-0.05, 0) is 36.5 Å². The minimum absolute atomic E-state index is 0.0464. The number of halogens is 3. The van der Waals surface area contributed by atoms with Crippen LogP contribution in [0.4, 0.5) is 13.2 Å². The minimum Gasteiger partial charge on any atom is -0.351 e. The van der Waals surface area contributed by atoms with Crippen LogP contribution in [0.3, 0.4) is 0 Å². The molecule has 1 aromatic carbocycles. The normalized spacial score (nSPS) is 12.0. The smallest absolute Gasteiger partial charge is 0.351 e. The number of hydrogen-bond donors (Lipinski definition) is 1. The van der Waals surface area contributed by atoms with E-state index in [0.717, 1.165) is 17.2 Å². The van der Waals surface area contributed by atoms with Gasteiger partial charge in [0.05, 0.1) is 11.9 Å². The molecule has 0 aliphatic rings. The van der Waals surface area contributed by atoms with Gasteiger partial charge in [0.25, 0.3) is 5.91 Å². The molecule has 4 aromatic rings. The summed E-state index contributed by atoms with van der Waals surface area (Å²) in [5.74, 6) is -0.257. The molecule has 1 amide bonds. The molecular formula is C24H25F3N6O. The molecule has 178 valence electrons. The van der Waals surface area contributed by atoms with Crippen molar-refractivity contribution in [3.8, 4) is 11.3 Å². The number of benzene rings is 1. The number of rotatable bonds is 7. The zero-order valence-electron chi connectivity index (χ0n) is 19.1. The number of amides is 1. The highest BCUT2D eigenvalue weighted by atomic mass is 19.4. The summed E-state index contributed by atoms with van der Waals surface area (Å²) in [4.78, 5) is 16.9. The molecule has 0 aliphatic carbocycles. The van der Waals surface area contributed by atoms with Gasteiger partial charge in [-0.3, -0.25) is 9.48 Å². The van der Waals surface area contributed by atoms with Crippen LogP contribution < -0.4 is 5.32 Å². The summed E-state index contributed by atoms with van der Waals surface area (Å²) in [6.45, 7) is 6.96. The van der Waals surface area contributed by atoms with Crippen LogP contribution in [0.5, 0.6) is 0 Å². The summed E-state index contributed by atoms with van der Waals surface area (Å²) in [6, 6.07) is 9.47. The van der Waals surface area contributed by atoms with Crippen LogP contribution in [-0.4, -0.2) is 36.8 Å². The van der Waals surface area contributed by atoms with Crippen molar-refractivity contribution in [1.29, 1.82) is 0 Å². The quantitative estimate of drug-likeness (QED) is 0.391. The van der Waals surface area contributed by atoms with Gasteiger partial charge in [0.1, 0.15) is 0 Å². The number of aromatic nitrogens is 5. The fourth-order valence-corrected chi connectivity index (χ4v) is 3.60. The molecule has 0 fully saturated rings. The molecule has 3 aromatic heterocycles. The predicted molar refractivity (Wildman–Crippen MR) is 121 cm³/mol. The van der Waals surface area contributed by atoms with Gasteiger partial charge >= 0.3 is 6.18 Å². The zero-order chi connectivity index (χ0) is 24.5. The Morgan fingerprint density at radius 3 is 2.50 bits per heavy atom. The van der Waals surface area contributed by atoms with Crippen LogP contribution in [-0.2, 0) is 12.7 Å². The molecule has 0 atom stereocenters. The van der Waals surface area contributed by atoms with E-state index in [1.807, 2.05) is 39.1 Å². The number of aryl methyl sites for hydroxylation is 2. The molecule has 0 radical (unpaired) electrons. The van der Waals surface area contributed by atoms with Crippen molar-refractivity contribution in [2.45, 2.75) is 45.8 Å². The maximum absolute atomic E-state index is 13.8. The average molecular weight is 470 g/mol. The molecule has 10 heteroatoms. The third-order valence-corrected chi connectivity index (χ3v) is 5.44. The van der Waals surface area contributed by atoms with E-state index in [1.54, 1.807) is 23.0 Å². The Balaban J connectivity index is 1.56. The predicted octanol–water partition coefficient (Wildman–Crippen LogP) is 4.86. The first-order valence-electron chi connectivity index (χ1n) is 11.0. The van der Waals surface area contributed by atoms with Crippen LogP contribution in [0, 0.1) is 6.92 Å². The van der Waals surface area contributed by atoms with Crippen LogP contribution in [0.25, 0.3) is 16.9 Å². The highest BCUT2D eigenvalue weighted by Crippen LogP contribution is 2.32. The molecule has 7 nitrogen and oxygen atoms in total. The Labute approximate surface area is 194 Å². The van der Waals surface area contributed by atoms with Crippen molar-refractivity contribution in [3.05, 3.63) is 71.3 Å². The first kappa shape index (κ1) is 23.5. The van der Waals surface area contributed by atoms with Gasteiger partial charge in [-0.1, -0.05) is 38.1 Å². The topological polar surface area (TPSA) is 77.1 Å². The van der Waals surface area contributed by atoms with E-state index >= 15 is 0 Å². The Morgan fingerprint density at radius 2 is 1.88 bits per heavy atom. The number of nitrogens with zero attached hydrogens (tertiary/aromatic N) is 5. The number of nitrogens with one attached hydrogen (secondary N) is 1. The summed E-state index contributed by atoms with van der Waals surface area (Å²) < 4.78 is 43.9. The Morgan fingerprint density at radius 1 is 1.15 bits per heavy atom. The molecule has 0 bridgehead atoms. The molecule has 0 aliphatic heterocycles.